The van der Waals surface area contributed by atoms with Gasteiger partial charge in [-0.25, -0.2) is 9.48 Å². The van der Waals surface area contributed by atoms with E-state index in [1.807, 2.05) is 13.1 Å². The normalized spacial score (nSPS) is 10.5. The van der Waals surface area contributed by atoms with Gasteiger partial charge in [-0.2, -0.15) is 5.10 Å². The molecule has 0 unspecified atom stereocenters. The van der Waals surface area contributed by atoms with Crippen LogP contribution in [0.3, 0.4) is 0 Å². The van der Waals surface area contributed by atoms with Gasteiger partial charge in [0.2, 0.25) is 0 Å². The molecule has 0 spiro atoms. The van der Waals surface area contributed by atoms with Crippen LogP contribution in [0.5, 0.6) is 0 Å². The van der Waals surface area contributed by atoms with Gasteiger partial charge in [0.1, 0.15) is 0 Å². The number of rotatable bonds is 9. The lowest BCUT2D eigenvalue weighted by atomic mass is 10.1. The Labute approximate surface area is 191 Å². The highest BCUT2D eigenvalue weighted by Gasteiger charge is 2.09. The molecule has 3 N–H and O–H groups in total. The summed E-state index contributed by atoms with van der Waals surface area (Å²) in [4.78, 5) is 36.2. The van der Waals surface area contributed by atoms with Crippen LogP contribution >= 0.6 is 0 Å². The third-order valence-corrected chi connectivity index (χ3v) is 4.75. The van der Waals surface area contributed by atoms with E-state index >= 15 is 0 Å². The average Bonchev–Trinajstić information content (AvgIpc) is 2.81. The Morgan fingerprint density at radius 1 is 1.03 bits per heavy atom. The summed E-state index contributed by atoms with van der Waals surface area (Å²) in [6.07, 6.45) is -0.536. The number of nitrogens with zero attached hydrogens (tertiary/aromatic N) is 2. The van der Waals surface area contributed by atoms with E-state index in [2.05, 4.69) is 21.0 Å². The molecule has 9 nitrogen and oxygen atoms in total. The first kappa shape index (κ1) is 23.7. The van der Waals surface area contributed by atoms with Crippen LogP contribution in [-0.2, 0) is 11.3 Å². The zero-order chi connectivity index (χ0) is 23.6. The third-order valence-electron chi connectivity index (χ3n) is 4.75. The summed E-state index contributed by atoms with van der Waals surface area (Å²) in [7, 11) is 1.82. The van der Waals surface area contributed by atoms with Crippen molar-refractivity contribution < 1.29 is 14.3 Å². The van der Waals surface area contributed by atoms with Gasteiger partial charge in [-0.3, -0.25) is 14.9 Å². The van der Waals surface area contributed by atoms with E-state index in [9.17, 15) is 14.4 Å². The number of amides is 2. The predicted molar refractivity (Wildman–Crippen MR) is 126 cm³/mol. The fraction of sp³-hybridized carbons (Fsp3) is 0.250. The van der Waals surface area contributed by atoms with Crippen molar-refractivity contribution >= 4 is 17.7 Å². The van der Waals surface area contributed by atoms with Crippen molar-refractivity contribution in [3.05, 3.63) is 82.1 Å². The Morgan fingerprint density at radius 2 is 1.82 bits per heavy atom. The molecule has 33 heavy (non-hydrogen) atoms. The average molecular weight is 450 g/mol. The molecule has 0 saturated heterocycles. The maximum Gasteiger partial charge on any atom is 0.411 e. The molecule has 0 aliphatic heterocycles. The van der Waals surface area contributed by atoms with Crippen LogP contribution in [0.1, 0.15) is 22.8 Å². The number of aromatic nitrogens is 2. The minimum absolute atomic E-state index is 0.147. The number of benzene rings is 2. The SMILES string of the molecule is CCOC(=O)Nc1cccc(Cn2nc(-c3ccc(C(=O)NCCNC)cc3)ccc2=O)c1. The summed E-state index contributed by atoms with van der Waals surface area (Å²) < 4.78 is 6.25. The highest BCUT2D eigenvalue weighted by molar-refractivity contribution is 5.94. The minimum atomic E-state index is -0.536. The molecule has 2 amide bonds. The van der Waals surface area contributed by atoms with Gasteiger partial charge < -0.3 is 15.4 Å². The monoisotopic (exact) mass is 449 g/mol. The first-order valence-corrected chi connectivity index (χ1v) is 10.6. The van der Waals surface area contributed by atoms with E-state index < -0.39 is 6.09 Å². The quantitative estimate of drug-likeness (QED) is 0.433. The molecule has 9 heteroatoms. The van der Waals surface area contributed by atoms with Gasteiger partial charge >= 0.3 is 6.09 Å². The first-order chi connectivity index (χ1) is 16.0. The molecule has 3 aromatic rings. The lowest BCUT2D eigenvalue weighted by molar-refractivity contribution is 0.0954. The molecule has 1 heterocycles. The van der Waals surface area contributed by atoms with E-state index in [1.54, 1.807) is 55.5 Å². The third kappa shape index (κ3) is 6.75. The summed E-state index contributed by atoms with van der Waals surface area (Å²) in [5.74, 6) is -0.147. The molecule has 0 aliphatic rings. The van der Waals surface area contributed by atoms with Crippen molar-refractivity contribution in [1.29, 1.82) is 0 Å². The van der Waals surface area contributed by atoms with Gasteiger partial charge in [0.05, 0.1) is 18.8 Å². The lowest BCUT2D eigenvalue weighted by Gasteiger charge is -2.10. The number of hydrogen-bond acceptors (Lipinski definition) is 6. The smallest absolute Gasteiger partial charge is 0.411 e. The maximum atomic E-state index is 12.4. The van der Waals surface area contributed by atoms with Crippen molar-refractivity contribution in [3.8, 4) is 11.3 Å². The van der Waals surface area contributed by atoms with Crippen molar-refractivity contribution in [3.63, 3.8) is 0 Å². The molecule has 0 fully saturated rings. The van der Waals surface area contributed by atoms with Crippen LogP contribution in [-0.4, -0.2) is 48.5 Å². The summed E-state index contributed by atoms with van der Waals surface area (Å²) in [5.41, 5.74) is 3.06. The zero-order valence-corrected chi connectivity index (χ0v) is 18.6. The van der Waals surface area contributed by atoms with Gasteiger partial charge in [-0.1, -0.05) is 24.3 Å². The van der Waals surface area contributed by atoms with E-state index in [1.165, 1.54) is 10.7 Å². The van der Waals surface area contributed by atoms with Crippen molar-refractivity contribution in [1.82, 2.24) is 20.4 Å². The van der Waals surface area contributed by atoms with Crippen molar-refractivity contribution in [2.45, 2.75) is 13.5 Å². The number of nitrogens with one attached hydrogen (secondary N) is 3. The molecular formula is C24H27N5O4. The second-order valence-electron chi connectivity index (χ2n) is 7.20. The van der Waals surface area contributed by atoms with Gasteiger partial charge in [0.25, 0.3) is 11.5 Å². The predicted octanol–water partition coefficient (Wildman–Crippen LogP) is 2.48. The second-order valence-corrected chi connectivity index (χ2v) is 7.20. The standard InChI is InChI=1S/C24H27N5O4/c1-3-33-24(32)27-20-6-4-5-17(15-20)16-29-22(30)12-11-21(28-29)18-7-9-19(10-8-18)23(31)26-14-13-25-2/h4-12,15,25H,3,13-14,16H2,1-2H3,(H,26,31)(H,27,32). The van der Waals surface area contributed by atoms with E-state index in [0.717, 1.165) is 11.1 Å². The molecule has 0 bridgehead atoms. The van der Waals surface area contributed by atoms with Gasteiger partial charge in [-0.05, 0) is 49.9 Å². The van der Waals surface area contributed by atoms with Gasteiger partial charge in [0.15, 0.2) is 0 Å². The summed E-state index contributed by atoms with van der Waals surface area (Å²) >= 11 is 0. The number of hydrogen-bond donors (Lipinski definition) is 3. The molecule has 0 aliphatic carbocycles. The summed E-state index contributed by atoms with van der Waals surface area (Å²) in [6.45, 7) is 3.47. The minimum Gasteiger partial charge on any atom is -0.450 e. The molecule has 0 atom stereocenters. The zero-order valence-electron chi connectivity index (χ0n) is 18.6. The molecule has 1 aromatic heterocycles. The van der Waals surface area contributed by atoms with E-state index in [-0.39, 0.29) is 24.6 Å². The van der Waals surface area contributed by atoms with Crippen LogP contribution in [0.15, 0.2) is 65.5 Å². The maximum absolute atomic E-state index is 12.4. The van der Waals surface area contributed by atoms with E-state index in [4.69, 9.17) is 4.74 Å². The molecule has 3 rings (SSSR count). The Bertz CT molecular complexity index is 1160. The Morgan fingerprint density at radius 3 is 2.55 bits per heavy atom. The fourth-order valence-corrected chi connectivity index (χ4v) is 3.12. The van der Waals surface area contributed by atoms with Gasteiger partial charge in [0, 0.05) is 36.0 Å². The Hall–Kier alpha value is -3.98. The molecule has 0 radical (unpaired) electrons. The second kappa shape index (κ2) is 11.6. The number of carbonyl (C=O) groups is 2. The number of carbonyl (C=O) groups excluding carboxylic acids is 2. The molecule has 172 valence electrons. The molecule has 2 aromatic carbocycles. The molecular weight excluding hydrogens is 422 g/mol. The Kier molecular flexibility index (Phi) is 8.31. The largest absolute Gasteiger partial charge is 0.450 e. The summed E-state index contributed by atoms with van der Waals surface area (Å²) in [6, 6.07) is 17.3. The fourth-order valence-electron chi connectivity index (χ4n) is 3.12. The Balaban J connectivity index is 1.74. The van der Waals surface area contributed by atoms with Crippen molar-refractivity contribution in [2.75, 3.05) is 32.1 Å². The first-order valence-electron chi connectivity index (χ1n) is 10.6. The van der Waals surface area contributed by atoms with Crippen LogP contribution in [0.4, 0.5) is 10.5 Å². The van der Waals surface area contributed by atoms with Crippen molar-refractivity contribution in [2.24, 2.45) is 0 Å². The number of anilines is 1. The van der Waals surface area contributed by atoms with Crippen LogP contribution < -0.4 is 21.5 Å². The highest BCUT2D eigenvalue weighted by atomic mass is 16.5. The highest BCUT2D eigenvalue weighted by Crippen LogP contribution is 2.17. The topological polar surface area (TPSA) is 114 Å². The van der Waals surface area contributed by atoms with Crippen LogP contribution in [0.2, 0.25) is 0 Å². The molecule has 0 saturated carbocycles. The lowest BCUT2D eigenvalue weighted by Crippen LogP contribution is -2.30. The number of likely N-dealkylation sites (N-methyl/N-ethyl adjacent to an activating group) is 1. The van der Waals surface area contributed by atoms with E-state index in [0.29, 0.717) is 30.0 Å². The summed E-state index contributed by atoms with van der Waals surface area (Å²) in [5, 5.41) is 12.9. The van der Waals surface area contributed by atoms with Crippen LogP contribution in [0.25, 0.3) is 11.3 Å². The number of ether oxygens (including phenoxy) is 1. The van der Waals surface area contributed by atoms with Crippen LogP contribution in [0, 0.1) is 0 Å². The van der Waals surface area contributed by atoms with Gasteiger partial charge in [-0.15, -0.1) is 0 Å².